The fourth-order valence-electron chi connectivity index (χ4n) is 9.42. The van der Waals surface area contributed by atoms with Gasteiger partial charge in [-0.05, 0) is 130 Å². The Kier molecular flexibility index (Phi) is 30.2. The van der Waals surface area contributed by atoms with Crippen LogP contribution in [0.3, 0.4) is 0 Å². The third-order valence-electron chi connectivity index (χ3n) is 13.7. The van der Waals surface area contributed by atoms with Gasteiger partial charge in [0.25, 0.3) is 0 Å². The summed E-state index contributed by atoms with van der Waals surface area (Å²) < 4.78 is 29.5. The first-order valence-corrected chi connectivity index (χ1v) is 28.4. The van der Waals surface area contributed by atoms with Crippen molar-refractivity contribution in [1.29, 1.82) is 15.8 Å². The Morgan fingerprint density at radius 3 is 1.63 bits per heavy atom. The second-order valence-electron chi connectivity index (χ2n) is 22.1. The van der Waals surface area contributed by atoms with Crippen LogP contribution in [0.1, 0.15) is 201 Å². The molecule has 1 aliphatic heterocycles. The van der Waals surface area contributed by atoms with Gasteiger partial charge in [0.05, 0.1) is 56.3 Å². The molecular weight excluding hydrogens is 949 g/mol. The van der Waals surface area contributed by atoms with E-state index in [9.17, 15) is 10.5 Å². The summed E-state index contributed by atoms with van der Waals surface area (Å²) in [4.78, 5) is 11.1. The Balaban J connectivity index is 0.00000137. The fourth-order valence-corrected chi connectivity index (χ4v) is 9.42. The van der Waals surface area contributed by atoms with Crippen molar-refractivity contribution >= 4 is 5.71 Å². The topological polar surface area (TPSA) is 169 Å². The van der Waals surface area contributed by atoms with Gasteiger partial charge in [0.1, 0.15) is 30.8 Å². The molecule has 416 valence electrons. The highest BCUT2D eigenvalue weighted by atomic mass is 16.6. The number of aromatic nitrogens is 2. The molecule has 1 aromatic heterocycles. The summed E-state index contributed by atoms with van der Waals surface area (Å²) in [5, 5.41) is 36.9. The zero-order valence-electron chi connectivity index (χ0n) is 48.6. The van der Waals surface area contributed by atoms with Crippen LogP contribution in [0, 0.1) is 68.5 Å². The van der Waals surface area contributed by atoms with Crippen LogP contribution in [0.2, 0.25) is 0 Å². The molecule has 8 unspecified atom stereocenters. The number of hydrogen-bond acceptors (Lipinski definition) is 12. The Labute approximate surface area is 459 Å². The van der Waals surface area contributed by atoms with E-state index in [0.717, 1.165) is 93.4 Å². The predicted molar refractivity (Wildman–Crippen MR) is 306 cm³/mol. The minimum atomic E-state index is -0.175. The average molecular weight is 1040 g/mol. The van der Waals surface area contributed by atoms with Gasteiger partial charge in [0.2, 0.25) is 5.89 Å². The van der Waals surface area contributed by atoms with E-state index >= 15 is 0 Å². The quantitative estimate of drug-likeness (QED) is 0.0420. The number of rotatable bonds is 33. The molecule has 0 N–H and O–H groups in total. The molecule has 4 rings (SSSR count). The lowest BCUT2D eigenvalue weighted by atomic mass is 9.69. The smallest absolute Gasteiger partial charge is 0.230 e. The van der Waals surface area contributed by atoms with Crippen molar-refractivity contribution in [3.63, 3.8) is 0 Å². The maximum atomic E-state index is 9.65. The molecule has 0 bridgehead atoms. The highest BCUT2D eigenvalue weighted by molar-refractivity contribution is 5.94. The number of benzene rings is 2. The van der Waals surface area contributed by atoms with Crippen LogP contribution in [-0.2, 0) is 14.3 Å². The van der Waals surface area contributed by atoms with Crippen LogP contribution in [0.15, 0.2) is 94.7 Å². The SMILES string of the molecule is CC/C=C\CC(C#N)CC.CC/C=C\CCC1ON=C(C(c2ccc(OCCOCCOCCOc3ccc(C(c4noc(C(C/C=C\CC)CC(C#N)CC)n4)C(C)(C)C)cc3)cc2)C(C)(C)C)C1CCC(C)C#N. The first-order chi connectivity index (χ1) is 36.6. The van der Waals surface area contributed by atoms with Crippen molar-refractivity contribution in [3.8, 4) is 29.7 Å². The monoisotopic (exact) mass is 1040 g/mol. The van der Waals surface area contributed by atoms with Crippen LogP contribution >= 0.6 is 0 Å². The summed E-state index contributed by atoms with van der Waals surface area (Å²) in [6.07, 6.45) is 23.7. The number of oxime groups is 1. The van der Waals surface area contributed by atoms with Crippen molar-refractivity contribution < 1.29 is 28.3 Å². The largest absolute Gasteiger partial charge is 0.491 e. The normalized spacial score (nSPS) is 17.1. The first-order valence-electron chi connectivity index (χ1n) is 28.4. The lowest BCUT2D eigenvalue weighted by molar-refractivity contribution is 0.0273. The molecule has 0 aliphatic carbocycles. The molecular formula is C64H94N6O6. The van der Waals surface area contributed by atoms with Gasteiger partial charge in [-0.2, -0.15) is 20.8 Å². The molecule has 0 radical (unpaired) electrons. The zero-order chi connectivity index (χ0) is 55.8. The Hall–Kier alpha value is -5.74. The summed E-state index contributed by atoms with van der Waals surface area (Å²) in [7, 11) is 0. The van der Waals surface area contributed by atoms with E-state index in [2.05, 4.69) is 146 Å². The third kappa shape index (κ3) is 22.8. The molecule has 0 fully saturated rings. The van der Waals surface area contributed by atoms with E-state index in [1.807, 2.05) is 45.0 Å². The number of nitrogens with zero attached hydrogens (tertiary/aromatic N) is 6. The molecule has 0 saturated heterocycles. The number of allylic oxidation sites excluding steroid dienone is 6. The van der Waals surface area contributed by atoms with Crippen molar-refractivity contribution in [2.24, 2.45) is 39.7 Å². The molecule has 0 amide bonds. The minimum absolute atomic E-state index is 0.00193. The van der Waals surface area contributed by atoms with Crippen molar-refractivity contribution in [3.05, 3.63) is 108 Å². The fraction of sp³-hybridized carbons (Fsp3) is 0.625. The van der Waals surface area contributed by atoms with Crippen LogP contribution in [0.4, 0.5) is 0 Å². The second kappa shape index (κ2) is 35.6. The van der Waals surface area contributed by atoms with Crippen LogP contribution in [-0.4, -0.2) is 61.6 Å². The predicted octanol–water partition coefficient (Wildman–Crippen LogP) is 16.2. The van der Waals surface area contributed by atoms with Crippen molar-refractivity contribution in [2.75, 3.05) is 39.6 Å². The lowest BCUT2D eigenvalue weighted by Gasteiger charge is -2.33. The molecule has 12 heteroatoms. The van der Waals surface area contributed by atoms with Crippen LogP contribution < -0.4 is 9.47 Å². The standard InChI is InChI=1S/C55H79N5O6.C9H15N/c1-11-14-16-18-20-48-47(30-21-40(4)38-56)51(59-65-48)49(54(5,6)7)42-22-26-45(27-23-42)63-35-33-61-31-32-62-34-36-64-46-28-24-43(25-29-46)50(55(8,9)10)52-58-53(66-60-52)44(19-17-15-12-2)37-41(13-3)39-57;1-3-5-6-7-9(4-2)8-10/h14-17,22-29,40-41,44,47-50H,11-13,18-21,30-37H2,1-10H3;5-6,9H,3-4,7H2,1-2H3/b16-14-,17-15-;6-5-. The summed E-state index contributed by atoms with van der Waals surface area (Å²) in [6.45, 7) is 28.4. The van der Waals surface area contributed by atoms with Gasteiger partial charge >= 0.3 is 0 Å². The van der Waals surface area contributed by atoms with E-state index in [0.29, 0.717) is 57.8 Å². The van der Waals surface area contributed by atoms with Gasteiger partial charge in [-0.15, -0.1) is 0 Å². The summed E-state index contributed by atoms with van der Waals surface area (Å²) in [5.74, 6) is 3.10. The third-order valence-corrected chi connectivity index (χ3v) is 13.7. The second-order valence-corrected chi connectivity index (χ2v) is 22.1. The number of ether oxygens (including phenoxy) is 4. The molecule has 2 heterocycles. The van der Waals surface area contributed by atoms with Gasteiger partial charge in [0.15, 0.2) is 5.82 Å². The van der Waals surface area contributed by atoms with Gasteiger partial charge in [-0.3, -0.25) is 0 Å². The molecule has 2 aromatic carbocycles. The highest BCUT2D eigenvalue weighted by Crippen LogP contribution is 2.44. The summed E-state index contributed by atoms with van der Waals surface area (Å²) >= 11 is 0. The molecule has 12 nitrogen and oxygen atoms in total. The van der Waals surface area contributed by atoms with E-state index in [1.54, 1.807) is 0 Å². The van der Waals surface area contributed by atoms with E-state index < -0.39 is 0 Å². The lowest BCUT2D eigenvalue weighted by Crippen LogP contribution is -2.34. The van der Waals surface area contributed by atoms with Gasteiger partial charge in [0, 0.05) is 35.5 Å². The van der Waals surface area contributed by atoms with E-state index in [1.165, 1.54) is 5.56 Å². The summed E-state index contributed by atoms with van der Waals surface area (Å²) in [5.41, 5.74) is 3.08. The van der Waals surface area contributed by atoms with Gasteiger partial charge in [-0.25, -0.2) is 0 Å². The first kappa shape index (κ1) is 64.5. The van der Waals surface area contributed by atoms with Crippen LogP contribution in [0.5, 0.6) is 11.5 Å². The molecule has 0 saturated carbocycles. The van der Waals surface area contributed by atoms with Gasteiger partial charge < -0.3 is 28.3 Å². The average Bonchev–Trinajstić information content (AvgIpc) is 4.04. The Morgan fingerprint density at radius 1 is 0.618 bits per heavy atom. The van der Waals surface area contributed by atoms with E-state index in [4.69, 9.17) is 43.7 Å². The molecule has 76 heavy (non-hydrogen) atoms. The highest BCUT2D eigenvalue weighted by Gasteiger charge is 2.42. The number of nitriles is 3. The molecule has 3 aromatic rings. The molecule has 1 aliphatic rings. The summed E-state index contributed by atoms with van der Waals surface area (Å²) in [6, 6.07) is 23.5. The maximum Gasteiger partial charge on any atom is 0.230 e. The van der Waals surface area contributed by atoms with Crippen molar-refractivity contribution in [1.82, 2.24) is 10.1 Å². The zero-order valence-corrected chi connectivity index (χ0v) is 48.6. The molecule has 0 spiro atoms. The van der Waals surface area contributed by atoms with Crippen molar-refractivity contribution in [2.45, 2.75) is 184 Å². The maximum absolute atomic E-state index is 9.65. The van der Waals surface area contributed by atoms with Crippen LogP contribution in [0.25, 0.3) is 0 Å². The Bertz CT molecular complexity index is 2300. The minimum Gasteiger partial charge on any atom is -0.491 e. The Morgan fingerprint density at radius 2 is 1.13 bits per heavy atom. The molecule has 8 atom stereocenters. The number of hydrogen-bond donors (Lipinski definition) is 0. The van der Waals surface area contributed by atoms with E-state index in [-0.39, 0.29) is 58.4 Å². The van der Waals surface area contributed by atoms with Gasteiger partial charge in [-0.1, -0.05) is 147 Å².